The lowest BCUT2D eigenvalue weighted by Crippen LogP contribution is -2.12. The van der Waals surface area contributed by atoms with Crippen LogP contribution in [0.25, 0.3) is 10.9 Å². The van der Waals surface area contributed by atoms with E-state index in [2.05, 4.69) is 39.4 Å². The zero-order chi connectivity index (χ0) is 22.9. The van der Waals surface area contributed by atoms with Crippen LogP contribution in [0.15, 0.2) is 54.7 Å². The van der Waals surface area contributed by atoms with Crippen molar-refractivity contribution in [3.8, 4) is 0 Å². The topological polar surface area (TPSA) is 93.0 Å². The van der Waals surface area contributed by atoms with E-state index < -0.39 is 9.84 Å². The summed E-state index contributed by atoms with van der Waals surface area (Å²) in [5, 5.41) is 8.91. The number of sulfone groups is 1. The Morgan fingerprint density at radius 2 is 1.94 bits per heavy atom. The predicted molar refractivity (Wildman–Crippen MR) is 129 cm³/mol. The number of hydrogen-bond donors (Lipinski definition) is 1. The van der Waals surface area contributed by atoms with E-state index in [-0.39, 0.29) is 5.75 Å². The summed E-state index contributed by atoms with van der Waals surface area (Å²) < 4.78 is 24.8. The number of fused-ring (bicyclic) bond motifs is 1. The van der Waals surface area contributed by atoms with Gasteiger partial charge in [-0.05, 0) is 55.3 Å². The molecule has 4 aromatic rings. The van der Waals surface area contributed by atoms with Gasteiger partial charge < -0.3 is 10.2 Å². The summed E-state index contributed by atoms with van der Waals surface area (Å²) in [6.07, 6.45) is 3.42. The second-order valence-electron chi connectivity index (χ2n) is 7.91. The summed E-state index contributed by atoms with van der Waals surface area (Å²) in [5.74, 6) is 1.32. The van der Waals surface area contributed by atoms with Crippen molar-refractivity contribution in [1.29, 1.82) is 0 Å². The number of nitrogens with one attached hydrogen (secondary N) is 1. The first kappa shape index (κ1) is 21.8. The molecule has 2 heterocycles. The fourth-order valence-electron chi connectivity index (χ4n) is 3.49. The molecule has 8 nitrogen and oxygen atoms in total. The molecule has 9 heteroatoms. The molecular formula is C23H26N6O2S. The average Bonchev–Trinajstić information content (AvgIpc) is 3.05. The van der Waals surface area contributed by atoms with Crippen molar-refractivity contribution in [3.05, 3.63) is 66.0 Å². The number of hydrogen-bond acceptors (Lipinski definition) is 7. The van der Waals surface area contributed by atoms with E-state index in [0.29, 0.717) is 12.4 Å². The lowest BCUT2D eigenvalue weighted by atomic mass is 10.1. The van der Waals surface area contributed by atoms with E-state index in [1.165, 1.54) is 6.26 Å². The largest absolute Gasteiger partial charge is 0.329 e. The van der Waals surface area contributed by atoms with Crippen LogP contribution < -0.4 is 10.2 Å². The summed E-state index contributed by atoms with van der Waals surface area (Å²) in [7, 11) is 0.888. The molecular weight excluding hydrogens is 424 g/mol. The fourth-order valence-corrected chi connectivity index (χ4v) is 4.10. The van der Waals surface area contributed by atoms with Crippen LogP contribution in [0.4, 0.5) is 23.1 Å². The maximum Gasteiger partial charge on any atom is 0.229 e. The molecule has 0 saturated heterocycles. The molecule has 0 aliphatic carbocycles. The Labute approximate surface area is 187 Å². The molecule has 0 amide bonds. The van der Waals surface area contributed by atoms with Gasteiger partial charge in [-0.2, -0.15) is 10.1 Å². The Morgan fingerprint density at radius 3 is 2.72 bits per heavy atom. The molecule has 0 bridgehead atoms. The van der Waals surface area contributed by atoms with Crippen molar-refractivity contribution < 1.29 is 8.42 Å². The average molecular weight is 451 g/mol. The van der Waals surface area contributed by atoms with E-state index >= 15 is 0 Å². The van der Waals surface area contributed by atoms with Gasteiger partial charge >= 0.3 is 0 Å². The molecule has 0 unspecified atom stereocenters. The number of rotatable bonds is 7. The lowest BCUT2D eigenvalue weighted by molar-refractivity contribution is 0.601. The summed E-state index contributed by atoms with van der Waals surface area (Å²) in [4.78, 5) is 11.0. The quantitative estimate of drug-likeness (QED) is 0.458. The van der Waals surface area contributed by atoms with Crippen LogP contribution in [0.3, 0.4) is 0 Å². The molecule has 0 spiro atoms. The Bertz CT molecular complexity index is 1380. The highest BCUT2D eigenvalue weighted by atomic mass is 32.2. The number of anilines is 4. The van der Waals surface area contributed by atoms with E-state index in [4.69, 9.17) is 0 Å². The van der Waals surface area contributed by atoms with E-state index in [0.717, 1.165) is 39.4 Å². The Morgan fingerprint density at radius 1 is 1.12 bits per heavy atom. The Hall–Kier alpha value is -3.46. The highest BCUT2D eigenvalue weighted by Crippen LogP contribution is 2.27. The maximum absolute atomic E-state index is 11.4. The molecule has 2 aromatic carbocycles. The minimum atomic E-state index is -3.01. The third-order valence-corrected chi connectivity index (χ3v) is 6.38. The van der Waals surface area contributed by atoms with Gasteiger partial charge in [-0.15, -0.1) is 0 Å². The van der Waals surface area contributed by atoms with Crippen LogP contribution in [0.5, 0.6) is 0 Å². The first-order chi connectivity index (χ1) is 15.2. The second-order valence-corrected chi connectivity index (χ2v) is 10.2. The molecule has 0 aliphatic heterocycles. The van der Waals surface area contributed by atoms with Crippen molar-refractivity contribution in [1.82, 2.24) is 19.7 Å². The monoisotopic (exact) mass is 450 g/mol. The second kappa shape index (κ2) is 8.58. The first-order valence-electron chi connectivity index (χ1n) is 10.2. The molecule has 0 radical (unpaired) electrons. The van der Waals surface area contributed by atoms with E-state index in [1.807, 2.05) is 60.1 Å². The van der Waals surface area contributed by atoms with Crippen LogP contribution in [0.1, 0.15) is 11.3 Å². The van der Waals surface area contributed by atoms with Crippen LogP contribution in [0, 0.1) is 6.92 Å². The molecule has 166 valence electrons. The highest BCUT2D eigenvalue weighted by Gasteiger charge is 2.11. The molecule has 32 heavy (non-hydrogen) atoms. The maximum atomic E-state index is 11.4. The first-order valence-corrected chi connectivity index (χ1v) is 12.3. The molecule has 1 N–H and O–H groups in total. The summed E-state index contributed by atoms with van der Waals surface area (Å²) >= 11 is 0. The zero-order valence-electron chi connectivity index (χ0n) is 18.6. The Balaban J connectivity index is 1.54. The Kier molecular flexibility index (Phi) is 5.84. The fraction of sp³-hybridized carbons (Fsp3) is 0.261. The third-order valence-electron chi connectivity index (χ3n) is 5.43. The molecule has 0 aliphatic rings. The van der Waals surface area contributed by atoms with Gasteiger partial charge in [-0.3, -0.25) is 4.68 Å². The van der Waals surface area contributed by atoms with Gasteiger partial charge in [0.05, 0.1) is 11.3 Å². The van der Waals surface area contributed by atoms with Crippen molar-refractivity contribution >= 4 is 43.9 Å². The lowest BCUT2D eigenvalue weighted by Gasteiger charge is -2.19. The molecule has 0 saturated carbocycles. The summed E-state index contributed by atoms with van der Waals surface area (Å²) in [6.45, 7) is 2.05. The standard InChI is InChI=1S/C23H26N6O2S/c1-16-20-9-8-19(15-21(20)27-29(16)3)28(2)22-10-12-24-23(26-22)25-18-7-5-6-17(14-18)11-13-32(4,30)31/h5-10,12,14-15H,11,13H2,1-4H3,(H,24,25,26). The van der Waals surface area contributed by atoms with Gasteiger partial charge in [-0.25, -0.2) is 13.4 Å². The van der Waals surface area contributed by atoms with Gasteiger partial charge in [0.15, 0.2) is 0 Å². The molecule has 0 atom stereocenters. The van der Waals surface area contributed by atoms with Crippen LogP contribution >= 0.6 is 0 Å². The van der Waals surface area contributed by atoms with Crippen molar-refractivity contribution in [2.24, 2.45) is 7.05 Å². The van der Waals surface area contributed by atoms with Crippen LogP contribution in [-0.2, 0) is 23.3 Å². The van der Waals surface area contributed by atoms with E-state index in [1.54, 1.807) is 6.20 Å². The minimum Gasteiger partial charge on any atom is -0.329 e. The van der Waals surface area contributed by atoms with Gasteiger partial charge in [0.1, 0.15) is 15.7 Å². The van der Waals surface area contributed by atoms with Crippen molar-refractivity contribution in [2.45, 2.75) is 13.3 Å². The van der Waals surface area contributed by atoms with Crippen molar-refractivity contribution in [3.63, 3.8) is 0 Å². The van der Waals surface area contributed by atoms with E-state index in [9.17, 15) is 8.42 Å². The van der Waals surface area contributed by atoms with Crippen LogP contribution in [-0.4, -0.2) is 47.2 Å². The highest BCUT2D eigenvalue weighted by molar-refractivity contribution is 7.90. The number of benzene rings is 2. The van der Waals surface area contributed by atoms with Gasteiger partial charge in [0.25, 0.3) is 0 Å². The summed E-state index contributed by atoms with van der Waals surface area (Å²) in [6, 6.07) is 15.6. The SMILES string of the molecule is Cc1c2ccc(N(C)c3ccnc(Nc4cccc(CCS(C)(=O)=O)c4)n3)cc2nn1C. The number of nitrogens with zero attached hydrogens (tertiary/aromatic N) is 5. The van der Waals surface area contributed by atoms with Gasteiger partial charge in [0, 0.05) is 49.0 Å². The third kappa shape index (κ3) is 4.88. The van der Waals surface area contributed by atoms with Gasteiger partial charge in [-0.1, -0.05) is 12.1 Å². The summed E-state index contributed by atoms with van der Waals surface area (Å²) in [5.41, 5.74) is 4.78. The number of aryl methyl sites for hydroxylation is 3. The zero-order valence-corrected chi connectivity index (χ0v) is 19.4. The van der Waals surface area contributed by atoms with Gasteiger partial charge in [0.2, 0.25) is 5.95 Å². The predicted octanol–water partition coefficient (Wildman–Crippen LogP) is 3.77. The molecule has 2 aromatic heterocycles. The van der Waals surface area contributed by atoms with Crippen LogP contribution in [0.2, 0.25) is 0 Å². The molecule has 0 fully saturated rings. The van der Waals surface area contributed by atoms with Crippen molar-refractivity contribution in [2.75, 3.05) is 29.3 Å². The normalized spacial score (nSPS) is 11.6. The molecule has 4 rings (SSSR count). The smallest absolute Gasteiger partial charge is 0.229 e. The minimum absolute atomic E-state index is 0.118. The number of aromatic nitrogens is 4.